The molecular weight excluding hydrogens is 304 g/mol. The Labute approximate surface area is 143 Å². The van der Waals surface area contributed by atoms with Crippen LogP contribution in [0.2, 0.25) is 0 Å². The summed E-state index contributed by atoms with van der Waals surface area (Å²) in [4.78, 5) is 11.9. The summed E-state index contributed by atoms with van der Waals surface area (Å²) in [6.07, 6.45) is 0.209. The number of methoxy groups -OCH3 is 1. The van der Waals surface area contributed by atoms with Crippen LogP contribution < -0.4 is 15.8 Å². The van der Waals surface area contributed by atoms with Crippen molar-refractivity contribution in [1.29, 1.82) is 0 Å². The number of alkyl carbamates (subject to hydrolysis) is 1. The van der Waals surface area contributed by atoms with E-state index >= 15 is 0 Å². The van der Waals surface area contributed by atoms with Crippen LogP contribution in [0.3, 0.4) is 0 Å². The third kappa shape index (κ3) is 5.13. The molecule has 24 heavy (non-hydrogen) atoms. The van der Waals surface area contributed by atoms with E-state index in [0.29, 0.717) is 13.0 Å². The zero-order chi connectivity index (χ0) is 17.7. The van der Waals surface area contributed by atoms with Gasteiger partial charge in [-0.3, -0.25) is 0 Å². The molecule has 2 aromatic rings. The monoisotopic (exact) mass is 330 g/mol. The summed E-state index contributed by atoms with van der Waals surface area (Å²) >= 11 is 0. The highest BCUT2D eigenvalue weighted by Crippen LogP contribution is 2.22. The summed E-state index contributed by atoms with van der Waals surface area (Å²) in [6.45, 7) is 5.85. The Bertz CT molecular complexity index is 707. The highest BCUT2D eigenvalue weighted by molar-refractivity contribution is 5.84. The molecule has 1 atom stereocenters. The van der Waals surface area contributed by atoms with Crippen LogP contribution in [-0.2, 0) is 11.2 Å². The molecule has 0 saturated heterocycles. The Morgan fingerprint density at radius 2 is 1.83 bits per heavy atom. The van der Waals surface area contributed by atoms with E-state index in [4.69, 9.17) is 15.2 Å². The van der Waals surface area contributed by atoms with Gasteiger partial charge in [-0.2, -0.15) is 0 Å². The molecule has 3 N–H and O–H groups in total. The second-order valence-corrected chi connectivity index (χ2v) is 6.83. The number of nitrogens with two attached hydrogens (primary N) is 1. The van der Waals surface area contributed by atoms with Crippen LogP contribution in [0.4, 0.5) is 4.79 Å². The standard InChI is InChI=1S/C19H26N2O3/c1-19(2,3)24-18(22)21-16(12-20)10-13-5-6-15-11-17(23-4)8-7-14(15)9-13/h5-9,11,16H,10,12,20H2,1-4H3,(H,21,22). The van der Waals surface area contributed by atoms with Crippen molar-refractivity contribution in [3.05, 3.63) is 42.0 Å². The quantitative estimate of drug-likeness (QED) is 0.882. The number of nitrogens with one attached hydrogen (secondary N) is 1. The summed E-state index contributed by atoms with van der Waals surface area (Å²) in [7, 11) is 1.66. The van der Waals surface area contributed by atoms with E-state index in [1.54, 1.807) is 7.11 Å². The largest absolute Gasteiger partial charge is 0.497 e. The van der Waals surface area contributed by atoms with Crippen molar-refractivity contribution in [1.82, 2.24) is 5.32 Å². The lowest BCUT2D eigenvalue weighted by Gasteiger charge is -2.23. The summed E-state index contributed by atoms with van der Waals surface area (Å²) in [6, 6.07) is 12.0. The molecule has 2 aromatic carbocycles. The molecule has 5 heteroatoms. The first-order valence-corrected chi connectivity index (χ1v) is 8.07. The Morgan fingerprint density at radius 3 is 2.46 bits per heavy atom. The Morgan fingerprint density at radius 1 is 1.17 bits per heavy atom. The van der Waals surface area contributed by atoms with Crippen LogP contribution in [0.5, 0.6) is 5.75 Å². The van der Waals surface area contributed by atoms with Gasteiger partial charge in [-0.25, -0.2) is 4.79 Å². The van der Waals surface area contributed by atoms with Crippen LogP contribution in [0.1, 0.15) is 26.3 Å². The van der Waals surface area contributed by atoms with Gasteiger partial charge in [0, 0.05) is 12.6 Å². The van der Waals surface area contributed by atoms with Gasteiger partial charge in [0.15, 0.2) is 0 Å². The lowest BCUT2D eigenvalue weighted by Crippen LogP contribution is -2.44. The van der Waals surface area contributed by atoms with Gasteiger partial charge >= 0.3 is 6.09 Å². The maximum atomic E-state index is 11.9. The van der Waals surface area contributed by atoms with Crippen molar-refractivity contribution in [2.24, 2.45) is 5.73 Å². The summed E-state index contributed by atoms with van der Waals surface area (Å²) in [5, 5.41) is 5.07. The molecule has 5 nitrogen and oxygen atoms in total. The normalized spacial score (nSPS) is 12.7. The van der Waals surface area contributed by atoms with Gasteiger partial charge in [-0.05, 0) is 55.7 Å². The number of hydrogen-bond donors (Lipinski definition) is 2. The van der Waals surface area contributed by atoms with Crippen molar-refractivity contribution in [3.8, 4) is 5.75 Å². The molecule has 1 unspecified atom stereocenters. The van der Waals surface area contributed by atoms with Crippen LogP contribution in [-0.4, -0.2) is 31.4 Å². The van der Waals surface area contributed by atoms with Gasteiger partial charge in [0.1, 0.15) is 11.4 Å². The first-order chi connectivity index (χ1) is 11.3. The highest BCUT2D eigenvalue weighted by atomic mass is 16.6. The molecule has 0 aromatic heterocycles. The molecule has 0 aliphatic rings. The first kappa shape index (κ1) is 18.1. The van der Waals surface area contributed by atoms with Gasteiger partial charge in [0.2, 0.25) is 0 Å². The molecule has 0 bridgehead atoms. The Balaban J connectivity index is 2.07. The van der Waals surface area contributed by atoms with Crippen molar-refractivity contribution in [3.63, 3.8) is 0 Å². The molecule has 130 valence electrons. The van der Waals surface area contributed by atoms with Crippen LogP contribution in [0.15, 0.2) is 36.4 Å². The van der Waals surface area contributed by atoms with Crippen LogP contribution in [0.25, 0.3) is 10.8 Å². The number of amides is 1. The SMILES string of the molecule is COc1ccc2cc(CC(CN)NC(=O)OC(C)(C)C)ccc2c1. The van der Waals surface area contributed by atoms with E-state index < -0.39 is 11.7 Å². The third-order valence-corrected chi connectivity index (χ3v) is 3.60. The number of ether oxygens (including phenoxy) is 2. The van der Waals surface area contributed by atoms with E-state index in [1.807, 2.05) is 51.1 Å². The fourth-order valence-electron chi connectivity index (χ4n) is 2.48. The fraction of sp³-hybridized carbons (Fsp3) is 0.421. The second-order valence-electron chi connectivity index (χ2n) is 6.83. The van der Waals surface area contributed by atoms with Gasteiger partial charge in [-0.1, -0.05) is 24.3 Å². The number of rotatable bonds is 5. The molecule has 0 saturated carbocycles. The molecule has 0 aliphatic carbocycles. The maximum absolute atomic E-state index is 11.9. The van der Waals surface area contributed by atoms with Crippen molar-refractivity contribution in [2.45, 2.75) is 38.8 Å². The van der Waals surface area contributed by atoms with Gasteiger partial charge in [-0.15, -0.1) is 0 Å². The number of carbonyl (C=O) groups is 1. The number of carbonyl (C=O) groups excluding carboxylic acids is 1. The van der Waals surface area contributed by atoms with Gasteiger partial charge < -0.3 is 20.5 Å². The van der Waals surface area contributed by atoms with Crippen LogP contribution >= 0.6 is 0 Å². The minimum absolute atomic E-state index is 0.171. The van der Waals surface area contributed by atoms with Crippen molar-refractivity contribution in [2.75, 3.05) is 13.7 Å². The minimum Gasteiger partial charge on any atom is -0.497 e. The summed E-state index contributed by atoms with van der Waals surface area (Å²) in [5.74, 6) is 0.835. The molecule has 0 radical (unpaired) electrons. The fourth-order valence-corrected chi connectivity index (χ4v) is 2.48. The zero-order valence-corrected chi connectivity index (χ0v) is 14.8. The number of fused-ring (bicyclic) bond motifs is 1. The van der Waals surface area contributed by atoms with E-state index in [1.165, 1.54) is 0 Å². The van der Waals surface area contributed by atoms with E-state index in [9.17, 15) is 4.79 Å². The van der Waals surface area contributed by atoms with E-state index in [0.717, 1.165) is 22.1 Å². The number of benzene rings is 2. The predicted molar refractivity (Wildman–Crippen MR) is 96.4 cm³/mol. The first-order valence-electron chi connectivity index (χ1n) is 8.07. The third-order valence-electron chi connectivity index (χ3n) is 3.60. The highest BCUT2D eigenvalue weighted by Gasteiger charge is 2.19. The second kappa shape index (κ2) is 7.53. The van der Waals surface area contributed by atoms with Gasteiger partial charge in [0.25, 0.3) is 0 Å². The zero-order valence-electron chi connectivity index (χ0n) is 14.8. The Hall–Kier alpha value is -2.27. The maximum Gasteiger partial charge on any atom is 0.407 e. The summed E-state index contributed by atoms with van der Waals surface area (Å²) in [5.41, 5.74) is 6.38. The van der Waals surface area contributed by atoms with Crippen molar-refractivity contribution >= 4 is 16.9 Å². The van der Waals surface area contributed by atoms with Gasteiger partial charge in [0.05, 0.1) is 7.11 Å². The molecule has 1 amide bonds. The lowest BCUT2D eigenvalue weighted by molar-refractivity contribution is 0.0506. The topological polar surface area (TPSA) is 73.6 Å². The van der Waals surface area contributed by atoms with Crippen molar-refractivity contribution < 1.29 is 14.3 Å². The van der Waals surface area contributed by atoms with E-state index in [-0.39, 0.29) is 6.04 Å². The molecule has 2 rings (SSSR count). The lowest BCUT2D eigenvalue weighted by atomic mass is 10.0. The average Bonchev–Trinajstić information content (AvgIpc) is 2.51. The number of hydrogen-bond acceptors (Lipinski definition) is 4. The molecule has 0 spiro atoms. The molecular formula is C19H26N2O3. The predicted octanol–water partition coefficient (Wildman–Crippen LogP) is 3.24. The average molecular weight is 330 g/mol. The van der Waals surface area contributed by atoms with E-state index in [2.05, 4.69) is 11.4 Å². The molecule has 0 fully saturated rings. The molecule has 0 heterocycles. The summed E-state index contributed by atoms with van der Waals surface area (Å²) < 4.78 is 10.5. The molecule has 0 aliphatic heterocycles. The smallest absolute Gasteiger partial charge is 0.407 e. The van der Waals surface area contributed by atoms with Crippen LogP contribution in [0, 0.1) is 0 Å². The Kier molecular flexibility index (Phi) is 5.67. The minimum atomic E-state index is -0.523.